The topological polar surface area (TPSA) is 87.7 Å². The number of allylic oxidation sites excluding steroid dienone is 1. The van der Waals surface area contributed by atoms with Crippen molar-refractivity contribution >= 4 is 5.70 Å². The van der Waals surface area contributed by atoms with Gasteiger partial charge in [0.1, 0.15) is 11.5 Å². The monoisotopic (exact) mass is 386 g/mol. The summed E-state index contributed by atoms with van der Waals surface area (Å²) in [5.41, 5.74) is 8.22. The van der Waals surface area contributed by atoms with Crippen LogP contribution in [0.5, 0.6) is 11.5 Å². The molecule has 0 aliphatic carbocycles. The van der Waals surface area contributed by atoms with E-state index in [4.69, 9.17) is 10.5 Å². The molecule has 0 aliphatic rings. The highest BCUT2D eigenvalue weighted by molar-refractivity contribution is 5.63. The maximum atomic E-state index is 9.24. The van der Waals surface area contributed by atoms with Crippen molar-refractivity contribution in [3.63, 3.8) is 0 Å². The molecule has 5 heteroatoms. The first kappa shape index (κ1) is 23.7. The highest BCUT2D eigenvalue weighted by atomic mass is 16.5. The van der Waals surface area contributed by atoms with Crippen molar-refractivity contribution in [2.24, 2.45) is 5.73 Å². The zero-order valence-corrected chi connectivity index (χ0v) is 17.4. The van der Waals surface area contributed by atoms with Crippen LogP contribution in [0.25, 0.3) is 5.70 Å². The third-order valence-corrected chi connectivity index (χ3v) is 4.42. The second-order valence-corrected chi connectivity index (χ2v) is 6.40. The summed E-state index contributed by atoms with van der Waals surface area (Å²) < 4.78 is 5.88. The normalized spacial score (nSPS) is 11.5. The Labute approximate surface area is 168 Å². The van der Waals surface area contributed by atoms with Crippen molar-refractivity contribution in [3.8, 4) is 11.5 Å². The molecule has 2 aromatic carbocycles. The van der Waals surface area contributed by atoms with Crippen LogP contribution < -0.4 is 15.8 Å². The summed E-state index contributed by atoms with van der Waals surface area (Å²) in [6.45, 7) is 5.53. The standard InChI is InChI=1S/C21H28N2O3.C2H6/c1-3-20(23-2)17-6-10-19(11-7-17)26-18-8-4-16(5-9-18)12-13-21(22,14-24)15-25;1-2/h3-11,23-25H,12-15,22H2,1-2H3;1-2H3/b20-3-;. The lowest BCUT2D eigenvalue weighted by molar-refractivity contribution is 0.115. The number of ether oxygens (including phenoxy) is 1. The first-order valence-electron chi connectivity index (χ1n) is 9.75. The predicted octanol–water partition coefficient (Wildman–Crippen LogP) is 3.70. The molecule has 0 bridgehead atoms. The molecule has 154 valence electrons. The van der Waals surface area contributed by atoms with Gasteiger partial charge in [-0.1, -0.05) is 32.1 Å². The van der Waals surface area contributed by atoms with E-state index in [1.54, 1.807) is 0 Å². The first-order chi connectivity index (χ1) is 13.5. The number of aryl methyl sites for hydroxylation is 1. The minimum absolute atomic E-state index is 0.233. The van der Waals surface area contributed by atoms with Gasteiger partial charge in [0, 0.05) is 12.7 Å². The number of hydrogen-bond acceptors (Lipinski definition) is 5. The molecule has 0 aliphatic heterocycles. The van der Waals surface area contributed by atoms with Crippen molar-refractivity contribution in [2.45, 2.75) is 39.2 Å². The zero-order valence-electron chi connectivity index (χ0n) is 17.4. The van der Waals surface area contributed by atoms with Crippen LogP contribution in [0.1, 0.15) is 38.3 Å². The van der Waals surface area contributed by atoms with Gasteiger partial charge in [-0.3, -0.25) is 0 Å². The second-order valence-electron chi connectivity index (χ2n) is 6.40. The summed E-state index contributed by atoms with van der Waals surface area (Å²) in [6.07, 6.45) is 3.22. The zero-order chi connectivity index (χ0) is 21.0. The van der Waals surface area contributed by atoms with E-state index in [9.17, 15) is 10.2 Å². The fraction of sp³-hybridized carbons (Fsp3) is 0.391. The highest BCUT2D eigenvalue weighted by Crippen LogP contribution is 2.24. The summed E-state index contributed by atoms with van der Waals surface area (Å²) in [7, 11) is 1.90. The van der Waals surface area contributed by atoms with Crippen molar-refractivity contribution in [1.82, 2.24) is 5.32 Å². The Balaban J connectivity index is 0.00000190. The number of aliphatic hydroxyl groups excluding tert-OH is 2. The lowest BCUT2D eigenvalue weighted by Crippen LogP contribution is -2.47. The molecule has 28 heavy (non-hydrogen) atoms. The molecule has 0 unspecified atom stereocenters. The van der Waals surface area contributed by atoms with Gasteiger partial charge in [0.2, 0.25) is 0 Å². The maximum absolute atomic E-state index is 9.24. The number of rotatable bonds is 9. The largest absolute Gasteiger partial charge is 0.457 e. The van der Waals surface area contributed by atoms with Crippen LogP contribution in [0, 0.1) is 0 Å². The third kappa shape index (κ3) is 7.00. The van der Waals surface area contributed by atoms with Crippen molar-refractivity contribution in [3.05, 3.63) is 65.7 Å². The average Bonchev–Trinajstić information content (AvgIpc) is 2.76. The van der Waals surface area contributed by atoms with E-state index in [1.807, 2.05) is 82.4 Å². The third-order valence-electron chi connectivity index (χ3n) is 4.42. The summed E-state index contributed by atoms with van der Waals surface area (Å²) in [6, 6.07) is 15.7. The first-order valence-corrected chi connectivity index (χ1v) is 9.75. The van der Waals surface area contributed by atoms with Gasteiger partial charge in [-0.25, -0.2) is 0 Å². The van der Waals surface area contributed by atoms with Gasteiger partial charge in [0.25, 0.3) is 0 Å². The summed E-state index contributed by atoms with van der Waals surface area (Å²) in [5, 5.41) is 21.6. The summed E-state index contributed by atoms with van der Waals surface area (Å²) in [5.74, 6) is 1.53. The molecule has 0 radical (unpaired) electrons. The molecule has 5 nitrogen and oxygen atoms in total. The lowest BCUT2D eigenvalue weighted by Gasteiger charge is -2.24. The van der Waals surface area contributed by atoms with E-state index < -0.39 is 5.54 Å². The van der Waals surface area contributed by atoms with Crippen LogP contribution >= 0.6 is 0 Å². The number of aliphatic hydroxyl groups is 2. The van der Waals surface area contributed by atoms with E-state index in [0.717, 1.165) is 28.3 Å². The second kappa shape index (κ2) is 12.2. The fourth-order valence-corrected chi connectivity index (χ4v) is 2.62. The molecule has 2 aromatic rings. The smallest absolute Gasteiger partial charge is 0.127 e. The van der Waals surface area contributed by atoms with Gasteiger partial charge in [0.15, 0.2) is 0 Å². The minimum atomic E-state index is -0.934. The fourth-order valence-electron chi connectivity index (χ4n) is 2.62. The number of nitrogens with two attached hydrogens (primary N) is 1. The molecular formula is C23H34N2O3. The van der Waals surface area contributed by atoms with Crippen LogP contribution in [0.15, 0.2) is 54.6 Å². The molecule has 2 rings (SSSR count). The van der Waals surface area contributed by atoms with Gasteiger partial charge in [-0.15, -0.1) is 0 Å². The molecule has 0 aromatic heterocycles. The minimum Gasteiger partial charge on any atom is -0.457 e. The van der Waals surface area contributed by atoms with Crippen molar-refractivity contribution in [2.75, 3.05) is 20.3 Å². The Morgan fingerprint density at radius 2 is 1.50 bits per heavy atom. The molecule has 0 spiro atoms. The van der Waals surface area contributed by atoms with E-state index in [-0.39, 0.29) is 13.2 Å². The Morgan fingerprint density at radius 1 is 1.00 bits per heavy atom. The van der Waals surface area contributed by atoms with Crippen LogP contribution in [0.4, 0.5) is 0 Å². The number of hydrogen-bond donors (Lipinski definition) is 4. The number of nitrogens with one attached hydrogen (secondary N) is 1. The molecule has 0 atom stereocenters. The van der Waals surface area contributed by atoms with E-state index >= 15 is 0 Å². The van der Waals surface area contributed by atoms with Crippen LogP contribution in [-0.2, 0) is 6.42 Å². The molecule has 0 amide bonds. The van der Waals surface area contributed by atoms with Crippen molar-refractivity contribution < 1.29 is 14.9 Å². The molecule has 0 heterocycles. The van der Waals surface area contributed by atoms with Gasteiger partial charge < -0.3 is 26.0 Å². The molecule has 0 fully saturated rings. The number of benzene rings is 2. The quantitative estimate of drug-likeness (QED) is 0.528. The molecule has 5 N–H and O–H groups in total. The summed E-state index contributed by atoms with van der Waals surface area (Å²) >= 11 is 0. The summed E-state index contributed by atoms with van der Waals surface area (Å²) in [4.78, 5) is 0. The van der Waals surface area contributed by atoms with E-state index in [1.165, 1.54) is 0 Å². The SMILES string of the molecule is C/C=C(\NC)c1ccc(Oc2ccc(CCC(N)(CO)CO)cc2)cc1.CC. The average molecular weight is 387 g/mol. The van der Waals surface area contributed by atoms with Gasteiger partial charge in [-0.05, 0) is 67.3 Å². The predicted molar refractivity (Wildman–Crippen MR) is 116 cm³/mol. The Bertz CT molecular complexity index is 706. The van der Waals surface area contributed by atoms with Gasteiger partial charge >= 0.3 is 0 Å². The van der Waals surface area contributed by atoms with Crippen LogP contribution in [0.2, 0.25) is 0 Å². The van der Waals surface area contributed by atoms with E-state index in [0.29, 0.717) is 12.8 Å². The molecule has 0 saturated heterocycles. The van der Waals surface area contributed by atoms with Gasteiger partial charge in [0.05, 0.1) is 18.8 Å². The van der Waals surface area contributed by atoms with Gasteiger partial charge in [-0.2, -0.15) is 0 Å². The maximum Gasteiger partial charge on any atom is 0.127 e. The molecule has 0 saturated carbocycles. The Morgan fingerprint density at radius 3 is 1.93 bits per heavy atom. The Hall–Kier alpha value is -2.34. The lowest BCUT2D eigenvalue weighted by atomic mass is 9.94. The van der Waals surface area contributed by atoms with E-state index in [2.05, 4.69) is 5.32 Å². The van der Waals surface area contributed by atoms with Crippen LogP contribution in [-0.4, -0.2) is 36.0 Å². The highest BCUT2D eigenvalue weighted by Gasteiger charge is 2.22. The Kier molecular flexibility index (Phi) is 10.3. The molecular weight excluding hydrogens is 352 g/mol. The van der Waals surface area contributed by atoms with Crippen LogP contribution in [0.3, 0.4) is 0 Å². The van der Waals surface area contributed by atoms with Crippen molar-refractivity contribution in [1.29, 1.82) is 0 Å².